The van der Waals surface area contributed by atoms with E-state index in [0.717, 1.165) is 4.31 Å². The third-order valence-corrected chi connectivity index (χ3v) is 6.25. The first kappa shape index (κ1) is 21.3. The standard InChI is InChI=1S/C12H27BN4O6S/c1-12(15)8-17(6-9(12)4-3-5-13(20)21)24(22,23)16(2)7-10(14)11(18)19/h9-10,20-21H,3-8,14-15H2,1-2H3,(H,18,19)/t9-,10?,12-/m0/s1. The molecule has 0 bridgehead atoms. The maximum absolute atomic E-state index is 12.6. The molecule has 0 amide bonds. The lowest BCUT2D eigenvalue weighted by Crippen LogP contribution is -2.49. The van der Waals surface area contributed by atoms with Crippen LogP contribution in [0.15, 0.2) is 0 Å². The molecule has 1 heterocycles. The maximum atomic E-state index is 12.6. The van der Waals surface area contributed by atoms with E-state index in [1.54, 1.807) is 6.92 Å². The van der Waals surface area contributed by atoms with E-state index in [0.29, 0.717) is 12.8 Å². The number of carboxylic acid groups (broad SMARTS) is 1. The van der Waals surface area contributed by atoms with Gasteiger partial charge in [0.1, 0.15) is 6.04 Å². The Bertz CT molecular complexity index is 544. The zero-order chi connectivity index (χ0) is 18.7. The number of nitrogens with two attached hydrogens (primary N) is 2. The Kier molecular flexibility index (Phi) is 7.17. The molecule has 10 nitrogen and oxygen atoms in total. The molecule has 0 aromatic carbocycles. The van der Waals surface area contributed by atoms with Crippen molar-refractivity contribution in [2.75, 3.05) is 26.7 Å². The molecular weight excluding hydrogens is 339 g/mol. The van der Waals surface area contributed by atoms with Crippen LogP contribution < -0.4 is 11.5 Å². The minimum absolute atomic E-state index is 0.105. The lowest BCUT2D eigenvalue weighted by atomic mass is 9.79. The highest BCUT2D eigenvalue weighted by Gasteiger charge is 2.45. The molecule has 0 aromatic heterocycles. The number of hydrogen-bond acceptors (Lipinski definition) is 7. The Morgan fingerprint density at radius 2 is 2.08 bits per heavy atom. The zero-order valence-electron chi connectivity index (χ0n) is 14.0. The second-order valence-electron chi connectivity index (χ2n) is 6.64. The summed E-state index contributed by atoms with van der Waals surface area (Å²) in [4.78, 5) is 10.8. The Labute approximate surface area is 142 Å². The summed E-state index contributed by atoms with van der Waals surface area (Å²) >= 11 is 0. The van der Waals surface area contributed by atoms with Gasteiger partial charge in [-0.05, 0) is 25.6 Å². The van der Waals surface area contributed by atoms with Crippen molar-refractivity contribution in [2.45, 2.75) is 37.7 Å². The van der Waals surface area contributed by atoms with Crippen LogP contribution in [-0.4, -0.2) is 83.5 Å². The first-order chi connectivity index (χ1) is 10.9. The molecule has 24 heavy (non-hydrogen) atoms. The van der Waals surface area contributed by atoms with Crippen LogP contribution in [0.1, 0.15) is 19.8 Å². The maximum Gasteiger partial charge on any atom is 0.451 e. The third kappa shape index (κ3) is 5.38. The summed E-state index contributed by atoms with van der Waals surface area (Å²) in [5, 5.41) is 26.6. The van der Waals surface area contributed by atoms with Gasteiger partial charge in [-0.3, -0.25) is 4.79 Å². The second-order valence-corrected chi connectivity index (χ2v) is 8.68. The molecule has 7 N–H and O–H groups in total. The molecule has 1 aliphatic rings. The molecule has 0 aromatic rings. The summed E-state index contributed by atoms with van der Waals surface area (Å²) in [6.45, 7) is 1.72. The van der Waals surface area contributed by atoms with Crippen molar-refractivity contribution in [1.82, 2.24) is 8.61 Å². The molecule has 140 valence electrons. The molecule has 0 saturated carbocycles. The molecule has 1 fully saturated rings. The van der Waals surface area contributed by atoms with Crippen LogP contribution in [-0.2, 0) is 15.0 Å². The van der Waals surface area contributed by atoms with Gasteiger partial charge in [-0.15, -0.1) is 0 Å². The Hall–Kier alpha value is -0.755. The number of likely N-dealkylation sites (N-methyl/N-ethyl adjacent to an activating group) is 1. The zero-order valence-corrected chi connectivity index (χ0v) is 14.8. The molecule has 0 radical (unpaired) electrons. The summed E-state index contributed by atoms with van der Waals surface area (Å²) in [6.07, 6.45) is 1.28. The highest BCUT2D eigenvalue weighted by atomic mass is 32.2. The van der Waals surface area contributed by atoms with Crippen LogP contribution in [0.25, 0.3) is 0 Å². The summed E-state index contributed by atoms with van der Waals surface area (Å²) in [5.74, 6) is -1.41. The van der Waals surface area contributed by atoms with Gasteiger partial charge in [-0.2, -0.15) is 17.0 Å². The fraction of sp³-hybridized carbons (Fsp3) is 0.917. The van der Waals surface area contributed by atoms with Crippen molar-refractivity contribution < 1.29 is 28.4 Å². The van der Waals surface area contributed by atoms with Crippen molar-refractivity contribution >= 4 is 23.3 Å². The van der Waals surface area contributed by atoms with Crippen LogP contribution in [0.3, 0.4) is 0 Å². The van der Waals surface area contributed by atoms with Gasteiger partial charge in [0.15, 0.2) is 0 Å². The monoisotopic (exact) mass is 366 g/mol. The number of carbonyl (C=O) groups is 1. The molecule has 1 rings (SSSR count). The van der Waals surface area contributed by atoms with Crippen LogP contribution in [0.2, 0.25) is 6.32 Å². The lowest BCUT2D eigenvalue weighted by molar-refractivity contribution is -0.138. The predicted molar refractivity (Wildman–Crippen MR) is 89.0 cm³/mol. The Morgan fingerprint density at radius 1 is 1.50 bits per heavy atom. The highest BCUT2D eigenvalue weighted by Crippen LogP contribution is 2.32. The molecule has 3 atom stereocenters. The van der Waals surface area contributed by atoms with Gasteiger partial charge in [-0.1, -0.05) is 6.42 Å². The van der Waals surface area contributed by atoms with Crippen molar-refractivity contribution in [3.63, 3.8) is 0 Å². The van der Waals surface area contributed by atoms with Crippen molar-refractivity contribution in [2.24, 2.45) is 17.4 Å². The quantitative estimate of drug-likeness (QED) is 0.278. The van der Waals surface area contributed by atoms with Gasteiger partial charge in [0.2, 0.25) is 0 Å². The lowest BCUT2D eigenvalue weighted by Gasteiger charge is -2.26. The second kappa shape index (κ2) is 8.08. The van der Waals surface area contributed by atoms with Crippen LogP contribution in [0.4, 0.5) is 0 Å². The molecule has 1 unspecified atom stereocenters. The SMILES string of the molecule is CN(CC(N)C(=O)O)S(=O)(=O)N1C[C@H](CCCB(O)O)[C@@](C)(N)C1. The van der Waals surface area contributed by atoms with E-state index in [2.05, 4.69) is 0 Å². The number of hydrogen-bond donors (Lipinski definition) is 5. The average molecular weight is 366 g/mol. The van der Waals surface area contributed by atoms with Gasteiger partial charge < -0.3 is 26.6 Å². The highest BCUT2D eigenvalue weighted by molar-refractivity contribution is 7.86. The molecular formula is C12H27BN4O6S. The van der Waals surface area contributed by atoms with Gasteiger partial charge in [0.25, 0.3) is 10.2 Å². The fourth-order valence-corrected chi connectivity index (χ4v) is 4.37. The normalized spacial score (nSPS) is 26.7. The first-order valence-electron chi connectivity index (χ1n) is 7.72. The Balaban J connectivity index is 2.74. The van der Waals surface area contributed by atoms with E-state index < -0.39 is 34.9 Å². The smallest absolute Gasteiger partial charge is 0.451 e. The number of rotatable bonds is 9. The van der Waals surface area contributed by atoms with Crippen LogP contribution in [0, 0.1) is 5.92 Å². The molecule has 1 aliphatic heterocycles. The Morgan fingerprint density at radius 3 is 2.58 bits per heavy atom. The van der Waals surface area contributed by atoms with Crippen molar-refractivity contribution in [3.8, 4) is 0 Å². The third-order valence-electron chi connectivity index (χ3n) is 4.38. The van der Waals surface area contributed by atoms with Crippen molar-refractivity contribution in [3.05, 3.63) is 0 Å². The van der Waals surface area contributed by atoms with E-state index in [4.69, 9.17) is 26.6 Å². The first-order valence-corrected chi connectivity index (χ1v) is 9.12. The van der Waals surface area contributed by atoms with Gasteiger partial charge in [0, 0.05) is 32.2 Å². The summed E-state index contributed by atoms with van der Waals surface area (Å²) in [7, 11) is -3.98. The predicted octanol–water partition coefficient (Wildman–Crippen LogP) is -2.52. The van der Waals surface area contributed by atoms with Crippen LogP contribution >= 0.6 is 0 Å². The number of nitrogens with zero attached hydrogens (tertiary/aromatic N) is 2. The molecule has 0 spiro atoms. The summed E-state index contributed by atoms with van der Waals surface area (Å²) in [5.41, 5.74) is 10.9. The van der Waals surface area contributed by atoms with Gasteiger partial charge in [-0.25, -0.2) is 0 Å². The van der Waals surface area contributed by atoms with Crippen molar-refractivity contribution in [1.29, 1.82) is 0 Å². The number of carboxylic acids is 1. The number of aliphatic carboxylic acids is 1. The van der Waals surface area contributed by atoms with Crippen LogP contribution in [0.5, 0.6) is 0 Å². The van der Waals surface area contributed by atoms with E-state index in [1.807, 2.05) is 0 Å². The summed E-state index contributed by atoms with van der Waals surface area (Å²) in [6, 6.07) is -1.31. The average Bonchev–Trinajstić information content (AvgIpc) is 2.74. The minimum Gasteiger partial charge on any atom is -0.480 e. The van der Waals surface area contributed by atoms with E-state index in [9.17, 15) is 13.2 Å². The minimum atomic E-state index is -3.87. The van der Waals surface area contributed by atoms with Gasteiger partial charge in [0.05, 0.1) is 0 Å². The van der Waals surface area contributed by atoms with Gasteiger partial charge >= 0.3 is 13.1 Å². The summed E-state index contributed by atoms with van der Waals surface area (Å²) < 4.78 is 27.3. The topological polar surface area (TPSA) is 170 Å². The van der Waals surface area contributed by atoms with E-state index in [1.165, 1.54) is 11.4 Å². The van der Waals surface area contributed by atoms with E-state index >= 15 is 0 Å². The largest absolute Gasteiger partial charge is 0.480 e. The van der Waals surface area contributed by atoms with E-state index in [-0.39, 0.29) is 31.9 Å². The molecule has 0 aliphatic carbocycles. The molecule has 1 saturated heterocycles. The molecule has 12 heteroatoms. The fourth-order valence-electron chi connectivity index (χ4n) is 2.82.